The van der Waals surface area contributed by atoms with E-state index in [1.807, 2.05) is 18.0 Å². The highest BCUT2D eigenvalue weighted by Crippen LogP contribution is 2.28. The Hall–Kier alpha value is -1.75. The first-order chi connectivity index (χ1) is 9.08. The van der Waals surface area contributed by atoms with Crippen LogP contribution < -0.4 is 16.4 Å². The molecule has 0 bridgehead atoms. The van der Waals surface area contributed by atoms with Crippen LogP contribution in [-0.2, 0) is 4.74 Å². The normalized spacial score (nSPS) is 14.4. The number of ether oxygens (including phenoxy) is 1. The molecule has 0 aromatic heterocycles. The molecule has 0 saturated heterocycles. The van der Waals surface area contributed by atoms with Gasteiger partial charge in [-0.2, -0.15) is 0 Å². The van der Waals surface area contributed by atoms with Crippen molar-refractivity contribution in [2.75, 3.05) is 37.4 Å². The number of benzene rings is 1. The Bertz CT molecular complexity index is 458. The number of hydrogen-bond acceptors (Lipinski definition) is 4. The number of nitrogens with two attached hydrogens (primary N) is 2. The maximum Gasteiger partial charge on any atom is 0.250 e. The Labute approximate surface area is 113 Å². The Morgan fingerprint density at radius 1 is 1.47 bits per heavy atom. The molecule has 0 heterocycles. The second-order valence-electron chi connectivity index (χ2n) is 5.08. The van der Waals surface area contributed by atoms with E-state index in [4.69, 9.17) is 16.2 Å². The Balaban J connectivity index is 1.88. The van der Waals surface area contributed by atoms with Gasteiger partial charge in [0, 0.05) is 31.6 Å². The number of amides is 1. The maximum absolute atomic E-state index is 11.2. The highest BCUT2D eigenvalue weighted by molar-refractivity contribution is 5.99. The van der Waals surface area contributed by atoms with Crippen LogP contribution in [0.15, 0.2) is 18.2 Å². The summed E-state index contributed by atoms with van der Waals surface area (Å²) in [5.74, 6) is 0.279. The van der Waals surface area contributed by atoms with Gasteiger partial charge in [-0.1, -0.05) is 0 Å². The topological polar surface area (TPSA) is 81.6 Å². The van der Waals surface area contributed by atoms with Crippen LogP contribution in [0, 0.1) is 5.92 Å². The molecule has 5 nitrogen and oxygen atoms in total. The van der Waals surface area contributed by atoms with Gasteiger partial charge >= 0.3 is 0 Å². The Kier molecular flexibility index (Phi) is 4.27. The first-order valence-electron chi connectivity index (χ1n) is 6.56. The summed E-state index contributed by atoms with van der Waals surface area (Å²) < 4.78 is 5.59. The van der Waals surface area contributed by atoms with Gasteiger partial charge in [-0.05, 0) is 37.0 Å². The largest absolute Gasteiger partial charge is 0.398 e. The smallest absolute Gasteiger partial charge is 0.250 e. The van der Waals surface area contributed by atoms with E-state index in [9.17, 15) is 4.79 Å². The highest BCUT2D eigenvalue weighted by Gasteiger charge is 2.21. The molecule has 1 aromatic carbocycles. The average molecular weight is 263 g/mol. The zero-order chi connectivity index (χ0) is 13.8. The second kappa shape index (κ2) is 5.93. The van der Waals surface area contributed by atoms with E-state index in [0.29, 0.717) is 17.9 Å². The summed E-state index contributed by atoms with van der Waals surface area (Å²) in [5, 5.41) is 0. The van der Waals surface area contributed by atoms with Crippen LogP contribution in [0.1, 0.15) is 23.2 Å². The van der Waals surface area contributed by atoms with Crippen LogP contribution in [0.25, 0.3) is 0 Å². The zero-order valence-electron chi connectivity index (χ0n) is 11.3. The predicted molar refractivity (Wildman–Crippen MR) is 76.2 cm³/mol. The number of anilines is 2. The molecule has 1 amide bonds. The van der Waals surface area contributed by atoms with Gasteiger partial charge < -0.3 is 21.1 Å². The van der Waals surface area contributed by atoms with E-state index >= 15 is 0 Å². The van der Waals surface area contributed by atoms with Crippen LogP contribution in [-0.4, -0.2) is 32.7 Å². The number of hydrogen-bond donors (Lipinski definition) is 2. The molecule has 1 fully saturated rings. The van der Waals surface area contributed by atoms with Crippen molar-refractivity contribution >= 4 is 17.3 Å². The lowest BCUT2D eigenvalue weighted by Gasteiger charge is -2.20. The van der Waals surface area contributed by atoms with E-state index in [-0.39, 0.29) is 0 Å². The van der Waals surface area contributed by atoms with Crippen molar-refractivity contribution in [1.82, 2.24) is 0 Å². The van der Waals surface area contributed by atoms with Gasteiger partial charge in [-0.25, -0.2) is 0 Å². The lowest BCUT2D eigenvalue weighted by atomic mass is 10.1. The molecular formula is C14H21N3O2. The van der Waals surface area contributed by atoms with Crippen molar-refractivity contribution in [1.29, 1.82) is 0 Å². The van der Waals surface area contributed by atoms with E-state index < -0.39 is 5.91 Å². The molecule has 1 aliphatic rings. The fourth-order valence-corrected chi connectivity index (χ4v) is 1.86. The van der Waals surface area contributed by atoms with Crippen molar-refractivity contribution in [3.63, 3.8) is 0 Å². The third-order valence-electron chi connectivity index (χ3n) is 3.36. The molecule has 1 saturated carbocycles. The SMILES string of the molecule is CN(CCOCC1CC1)c1ccc(N)c(C(N)=O)c1. The van der Waals surface area contributed by atoms with Crippen molar-refractivity contribution in [2.45, 2.75) is 12.8 Å². The summed E-state index contributed by atoms with van der Waals surface area (Å²) in [6.45, 7) is 2.32. The van der Waals surface area contributed by atoms with Crippen LogP contribution >= 0.6 is 0 Å². The molecule has 0 atom stereocenters. The molecular weight excluding hydrogens is 242 g/mol. The number of likely N-dealkylation sites (N-methyl/N-ethyl adjacent to an activating group) is 1. The number of nitrogen functional groups attached to an aromatic ring is 1. The average Bonchev–Trinajstić information content (AvgIpc) is 3.18. The Morgan fingerprint density at radius 2 is 2.21 bits per heavy atom. The van der Waals surface area contributed by atoms with Crippen LogP contribution in [0.5, 0.6) is 0 Å². The summed E-state index contributed by atoms with van der Waals surface area (Å²) >= 11 is 0. The van der Waals surface area contributed by atoms with E-state index in [1.165, 1.54) is 12.8 Å². The molecule has 19 heavy (non-hydrogen) atoms. The first kappa shape index (κ1) is 13.7. The summed E-state index contributed by atoms with van der Waals surface area (Å²) in [5.41, 5.74) is 12.7. The lowest BCUT2D eigenvalue weighted by molar-refractivity contribution is 0.100. The third-order valence-corrected chi connectivity index (χ3v) is 3.36. The minimum atomic E-state index is -0.502. The number of primary amides is 1. The third kappa shape index (κ3) is 3.86. The molecule has 0 aliphatic heterocycles. The summed E-state index contributed by atoms with van der Waals surface area (Å²) in [6.07, 6.45) is 2.60. The van der Waals surface area contributed by atoms with Crippen LogP contribution in [0.4, 0.5) is 11.4 Å². The first-order valence-corrected chi connectivity index (χ1v) is 6.56. The predicted octanol–water partition coefficient (Wildman–Crippen LogP) is 1.23. The lowest BCUT2D eigenvalue weighted by Crippen LogP contribution is -2.24. The number of rotatable bonds is 7. The standard InChI is InChI=1S/C14H21N3O2/c1-17(6-7-19-9-10-2-3-10)11-4-5-13(15)12(8-11)14(16)18/h4-5,8,10H,2-3,6-7,9,15H2,1H3,(H2,16,18). The molecule has 0 unspecified atom stereocenters. The van der Waals surface area contributed by atoms with Gasteiger partial charge in [-0.3, -0.25) is 4.79 Å². The van der Waals surface area contributed by atoms with Crippen LogP contribution in [0.2, 0.25) is 0 Å². The molecule has 1 aliphatic carbocycles. The number of carbonyl (C=O) groups is 1. The molecule has 4 N–H and O–H groups in total. The Morgan fingerprint density at radius 3 is 2.84 bits per heavy atom. The minimum absolute atomic E-state index is 0.364. The quantitative estimate of drug-likeness (QED) is 0.572. The molecule has 0 spiro atoms. The highest BCUT2D eigenvalue weighted by atomic mass is 16.5. The van der Waals surface area contributed by atoms with E-state index in [2.05, 4.69) is 0 Å². The summed E-state index contributed by atoms with van der Waals surface area (Å²) in [7, 11) is 1.96. The fraction of sp³-hybridized carbons (Fsp3) is 0.500. The van der Waals surface area contributed by atoms with Crippen molar-refractivity contribution in [3.05, 3.63) is 23.8 Å². The summed E-state index contributed by atoms with van der Waals surface area (Å²) in [4.78, 5) is 13.3. The van der Waals surface area contributed by atoms with Gasteiger partial charge in [-0.15, -0.1) is 0 Å². The van der Waals surface area contributed by atoms with E-state index in [0.717, 1.165) is 24.8 Å². The van der Waals surface area contributed by atoms with Crippen LogP contribution in [0.3, 0.4) is 0 Å². The number of carbonyl (C=O) groups excluding carboxylic acids is 1. The molecule has 104 valence electrons. The van der Waals surface area contributed by atoms with Gasteiger partial charge in [0.25, 0.3) is 5.91 Å². The number of nitrogens with zero attached hydrogens (tertiary/aromatic N) is 1. The van der Waals surface area contributed by atoms with Gasteiger partial charge in [0.2, 0.25) is 0 Å². The fourth-order valence-electron chi connectivity index (χ4n) is 1.86. The van der Waals surface area contributed by atoms with Gasteiger partial charge in [0.05, 0.1) is 12.2 Å². The van der Waals surface area contributed by atoms with Gasteiger partial charge in [0.15, 0.2) is 0 Å². The van der Waals surface area contributed by atoms with Crippen molar-refractivity contribution in [3.8, 4) is 0 Å². The maximum atomic E-state index is 11.2. The van der Waals surface area contributed by atoms with E-state index in [1.54, 1.807) is 12.1 Å². The molecule has 2 rings (SSSR count). The van der Waals surface area contributed by atoms with Crippen molar-refractivity contribution in [2.24, 2.45) is 11.7 Å². The molecule has 5 heteroatoms. The molecule has 1 aromatic rings. The minimum Gasteiger partial charge on any atom is -0.398 e. The second-order valence-corrected chi connectivity index (χ2v) is 5.08. The van der Waals surface area contributed by atoms with Gasteiger partial charge in [0.1, 0.15) is 0 Å². The monoisotopic (exact) mass is 263 g/mol. The zero-order valence-corrected chi connectivity index (χ0v) is 11.3. The summed E-state index contributed by atoms with van der Waals surface area (Å²) in [6, 6.07) is 5.30. The van der Waals surface area contributed by atoms with Crippen molar-refractivity contribution < 1.29 is 9.53 Å². The molecule has 0 radical (unpaired) electrons.